The summed E-state index contributed by atoms with van der Waals surface area (Å²) in [5, 5.41) is 6.50. The fraction of sp³-hybridized carbons (Fsp3) is 0.0588. The molecular weight excluding hydrogens is 330 g/mol. The standard InChI is InChI=1S/C17H13N3O3.ClH/c21-17(19-11-5-6-15-16(9-11)23-10-22-15)20-14-7-8-18-13-4-2-1-3-12(13)14;/h1-9H,10H2,(H2,18,19,20,21);1H. The van der Waals surface area contributed by atoms with Crippen LogP contribution in [0.15, 0.2) is 54.7 Å². The van der Waals surface area contributed by atoms with E-state index in [1.807, 2.05) is 24.3 Å². The summed E-state index contributed by atoms with van der Waals surface area (Å²) in [5.41, 5.74) is 2.16. The van der Waals surface area contributed by atoms with E-state index in [1.54, 1.807) is 30.5 Å². The molecule has 2 aromatic carbocycles. The van der Waals surface area contributed by atoms with Crippen LogP contribution >= 0.6 is 12.4 Å². The lowest BCUT2D eigenvalue weighted by molar-refractivity contribution is 0.174. The molecular formula is C17H14ClN3O3. The number of ether oxygens (including phenoxy) is 2. The van der Waals surface area contributed by atoms with Gasteiger partial charge in [-0.2, -0.15) is 0 Å². The Morgan fingerprint density at radius 2 is 1.83 bits per heavy atom. The molecule has 122 valence electrons. The van der Waals surface area contributed by atoms with Crippen molar-refractivity contribution in [1.82, 2.24) is 4.98 Å². The molecule has 0 saturated heterocycles. The lowest BCUT2D eigenvalue weighted by atomic mass is 10.2. The number of rotatable bonds is 2. The van der Waals surface area contributed by atoms with E-state index in [1.165, 1.54) is 0 Å². The third kappa shape index (κ3) is 3.04. The van der Waals surface area contributed by atoms with E-state index >= 15 is 0 Å². The summed E-state index contributed by atoms with van der Waals surface area (Å²) in [6.45, 7) is 0.202. The van der Waals surface area contributed by atoms with Gasteiger partial charge in [0.15, 0.2) is 11.5 Å². The number of fused-ring (bicyclic) bond motifs is 2. The van der Waals surface area contributed by atoms with Crippen molar-refractivity contribution in [3.8, 4) is 11.5 Å². The molecule has 1 aromatic heterocycles. The van der Waals surface area contributed by atoms with Gasteiger partial charge in [-0.05, 0) is 24.3 Å². The minimum Gasteiger partial charge on any atom is -0.454 e. The van der Waals surface area contributed by atoms with Gasteiger partial charge in [0.25, 0.3) is 0 Å². The average Bonchev–Trinajstić information content (AvgIpc) is 3.03. The normalized spacial score (nSPS) is 11.7. The number of pyridine rings is 1. The first kappa shape index (κ1) is 15.9. The maximum atomic E-state index is 12.2. The van der Waals surface area contributed by atoms with Crippen molar-refractivity contribution in [3.63, 3.8) is 0 Å². The Hall–Kier alpha value is -2.99. The van der Waals surface area contributed by atoms with E-state index in [2.05, 4.69) is 15.6 Å². The van der Waals surface area contributed by atoms with Gasteiger partial charge in [0.05, 0.1) is 11.2 Å². The first-order valence-electron chi connectivity index (χ1n) is 7.11. The molecule has 0 spiro atoms. The Labute approximate surface area is 144 Å². The number of aromatic nitrogens is 1. The van der Waals surface area contributed by atoms with Crippen LogP contribution in [0.2, 0.25) is 0 Å². The van der Waals surface area contributed by atoms with E-state index < -0.39 is 0 Å². The average molecular weight is 344 g/mol. The number of hydrogen-bond acceptors (Lipinski definition) is 4. The lowest BCUT2D eigenvalue weighted by Crippen LogP contribution is -2.19. The molecule has 0 bridgehead atoms. The SMILES string of the molecule is Cl.O=C(Nc1ccc2c(c1)OCO2)Nc1ccnc2ccccc12. The van der Waals surface area contributed by atoms with E-state index in [0.717, 1.165) is 10.9 Å². The van der Waals surface area contributed by atoms with Crippen LogP contribution in [0.3, 0.4) is 0 Å². The highest BCUT2D eigenvalue weighted by Gasteiger charge is 2.14. The number of hydrogen-bond donors (Lipinski definition) is 2. The van der Waals surface area contributed by atoms with Crippen molar-refractivity contribution in [2.75, 3.05) is 17.4 Å². The molecule has 2 N–H and O–H groups in total. The first-order valence-corrected chi connectivity index (χ1v) is 7.11. The summed E-state index contributed by atoms with van der Waals surface area (Å²) in [6.07, 6.45) is 1.67. The first-order chi connectivity index (χ1) is 11.3. The second-order valence-electron chi connectivity index (χ2n) is 5.02. The van der Waals surface area contributed by atoms with Crippen molar-refractivity contribution >= 4 is 40.7 Å². The summed E-state index contributed by atoms with van der Waals surface area (Å²) in [7, 11) is 0. The van der Waals surface area contributed by atoms with E-state index in [4.69, 9.17) is 9.47 Å². The Balaban J connectivity index is 0.00000169. The molecule has 0 atom stereocenters. The van der Waals surface area contributed by atoms with Gasteiger partial charge < -0.3 is 20.1 Å². The Kier molecular flexibility index (Phi) is 4.39. The third-order valence-electron chi connectivity index (χ3n) is 3.53. The molecule has 1 aliphatic heterocycles. The molecule has 24 heavy (non-hydrogen) atoms. The maximum Gasteiger partial charge on any atom is 0.323 e. The van der Waals surface area contributed by atoms with E-state index in [-0.39, 0.29) is 25.2 Å². The Morgan fingerprint density at radius 1 is 1.00 bits per heavy atom. The number of carbonyl (C=O) groups is 1. The number of nitrogens with zero attached hydrogens (tertiary/aromatic N) is 1. The van der Waals surface area contributed by atoms with Gasteiger partial charge in [0.1, 0.15) is 0 Å². The van der Waals surface area contributed by atoms with Crippen molar-refractivity contribution in [1.29, 1.82) is 0 Å². The molecule has 2 heterocycles. The Morgan fingerprint density at radius 3 is 2.75 bits per heavy atom. The molecule has 0 fully saturated rings. The molecule has 1 aliphatic rings. The second-order valence-corrected chi connectivity index (χ2v) is 5.02. The summed E-state index contributed by atoms with van der Waals surface area (Å²) in [5.74, 6) is 1.30. The summed E-state index contributed by atoms with van der Waals surface area (Å²) >= 11 is 0. The zero-order valence-corrected chi connectivity index (χ0v) is 13.3. The molecule has 6 nitrogen and oxygen atoms in total. The van der Waals surface area contributed by atoms with Crippen molar-refractivity contribution in [2.45, 2.75) is 0 Å². The molecule has 0 radical (unpaired) electrons. The number of benzene rings is 2. The van der Waals surface area contributed by atoms with Crippen LogP contribution in [0.5, 0.6) is 11.5 Å². The van der Waals surface area contributed by atoms with Gasteiger partial charge in [-0.25, -0.2) is 4.79 Å². The van der Waals surface area contributed by atoms with Gasteiger partial charge in [-0.15, -0.1) is 12.4 Å². The zero-order valence-electron chi connectivity index (χ0n) is 12.5. The smallest absolute Gasteiger partial charge is 0.323 e. The van der Waals surface area contributed by atoms with Crippen LogP contribution in [-0.4, -0.2) is 17.8 Å². The van der Waals surface area contributed by atoms with Crippen LogP contribution < -0.4 is 20.1 Å². The van der Waals surface area contributed by atoms with Crippen LogP contribution in [0.1, 0.15) is 0 Å². The number of anilines is 2. The highest BCUT2D eigenvalue weighted by Crippen LogP contribution is 2.34. The fourth-order valence-electron chi connectivity index (χ4n) is 2.46. The number of amides is 2. The molecule has 3 aromatic rings. The predicted octanol–water partition coefficient (Wildman–Crippen LogP) is 4.03. The summed E-state index contributed by atoms with van der Waals surface area (Å²) < 4.78 is 10.5. The predicted molar refractivity (Wildman–Crippen MR) is 94.2 cm³/mol. The van der Waals surface area contributed by atoms with Gasteiger partial charge in [0.2, 0.25) is 6.79 Å². The van der Waals surface area contributed by atoms with E-state index in [9.17, 15) is 4.79 Å². The molecule has 7 heteroatoms. The van der Waals surface area contributed by atoms with Crippen molar-refractivity contribution < 1.29 is 14.3 Å². The van der Waals surface area contributed by atoms with Crippen molar-refractivity contribution in [3.05, 3.63) is 54.7 Å². The summed E-state index contributed by atoms with van der Waals surface area (Å²) in [4.78, 5) is 16.5. The molecule has 0 saturated carbocycles. The van der Waals surface area contributed by atoms with Crippen LogP contribution in [-0.2, 0) is 0 Å². The minimum atomic E-state index is -0.333. The number of carbonyl (C=O) groups excluding carboxylic acids is 1. The van der Waals surface area contributed by atoms with E-state index in [0.29, 0.717) is 22.9 Å². The Bertz CT molecular complexity index is 896. The second kappa shape index (κ2) is 6.64. The van der Waals surface area contributed by atoms with Crippen LogP contribution in [0.4, 0.5) is 16.2 Å². The maximum absolute atomic E-state index is 12.2. The number of para-hydroxylation sites is 1. The van der Waals surface area contributed by atoms with Crippen molar-refractivity contribution in [2.24, 2.45) is 0 Å². The minimum absolute atomic E-state index is 0. The topological polar surface area (TPSA) is 72.5 Å². The largest absolute Gasteiger partial charge is 0.454 e. The zero-order chi connectivity index (χ0) is 15.6. The molecule has 2 amide bonds. The number of halogens is 1. The highest BCUT2D eigenvalue weighted by molar-refractivity contribution is 6.05. The van der Waals surface area contributed by atoms with Gasteiger partial charge in [0, 0.05) is 23.3 Å². The van der Waals surface area contributed by atoms with Crippen LogP contribution in [0.25, 0.3) is 10.9 Å². The molecule has 0 unspecified atom stereocenters. The molecule has 0 aliphatic carbocycles. The molecule has 4 rings (SSSR count). The lowest BCUT2D eigenvalue weighted by Gasteiger charge is -2.10. The monoisotopic (exact) mass is 343 g/mol. The summed E-state index contributed by atoms with van der Waals surface area (Å²) in [6, 6.07) is 14.3. The van der Waals surface area contributed by atoms with Gasteiger partial charge in [-0.3, -0.25) is 4.98 Å². The highest BCUT2D eigenvalue weighted by atomic mass is 35.5. The fourth-order valence-corrected chi connectivity index (χ4v) is 2.46. The van der Waals surface area contributed by atoms with Crippen LogP contribution in [0, 0.1) is 0 Å². The number of nitrogens with one attached hydrogen (secondary N) is 2. The number of urea groups is 1. The van der Waals surface area contributed by atoms with Gasteiger partial charge in [-0.1, -0.05) is 18.2 Å². The third-order valence-corrected chi connectivity index (χ3v) is 3.53. The quantitative estimate of drug-likeness (QED) is 0.737. The van der Waals surface area contributed by atoms with Gasteiger partial charge >= 0.3 is 6.03 Å².